The van der Waals surface area contributed by atoms with E-state index in [1.165, 1.54) is 0 Å². The average molecular weight is 501 g/mol. The molecule has 2 heterocycles. The van der Waals surface area contributed by atoms with E-state index in [0.29, 0.717) is 41.8 Å². The molecule has 1 atom stereocenters. The smallest absolute Gasteiger partial charge is 0.294 e. The summed E-state index contributed by atoms with van der Waals surface area (Å²) in [5.74, 6) is 1.91. The van der Waals surface area contributed by atoms with Gasteiger partial charge in [-0.2, -0.15) is 0 Å². The molecule has 1 amide bonds. The number of hydrogen-bond donors (Lipinski definition) is 1. The van der Waals surface area contributed by atoms with Crippen LogP contribution in [0.15, 0.2) is 84.6 Å². The molecule has 0 aliphatic carbocycles. The molecule has 7 heteroatoms. The van der Waals surface area contributed by atoms with E-state index >= 15 is 0 Å². The largest absolute Gasteiger partial charge is 0.493 e. The Morgan fingerprint density at radius 1 is 0.973 bits per heavy atom. The maximum atomic E-state index is 13.1. The fraction of sp³-hybridized carbons (Fsp3) is 0.300. The van der Waals surface area contributed by atoms with Crippen molar-refractivity contribution >= 4 is 11.6 Å². The minimum atomic E-state index is -0.202. The third-order valence-corrected chi connectivity index (χ3v) is 6.91. The molecule has 0 radical (unpaired) electrons. The summed E-state index contributed by atoms with van der Waals surface area (Å²) in [7, 11) is 1.59. The number of amides is 1. The number of carbonyl (C=O) groups excluding carboxylic acids is 1. The Morgan fingerprint density at radius 2 is 1.76 bits per heavy atom. The van der Waals surface area contributed by atoms with Crippen LogP contribution in [0.3, 0.4) is 0 Å². The quantitative estimate of drug-likeness (QED) is 0.442. The summed E-state index contributed by atoms with van der Waals surface area (Å²) in [4.78, 5) is 17.0. The van der Waals surface area contributed by atoms with E-state index in [9.17, 15) is 9.90 Å². The second-order valence-corrected chi connectivity index (χ2v) is 9.17. The Hall–Kier alpha value is -3.81. The molecule has 192 valence electrons. The van der Waals surface area contributed by atoms with Crippen LogP contribution in [-0.4, -0.2) is 61.9 Å². The van der Waals surface area contributed by atoms with Crippen molar-refractivity contribution in [1.82, 2.24) is 4.90 Å². The number of ether oxygens (including phenoxy) is 3. The van der Waals surface area contributed by atoms with Crippen molar-refractivity contribution in [2.45, 2.75) is 18.9 Å². The van der Waals surface area contributed by atoms with E-state index in [2.05, 4.69) is 17.0 Å². The van der Waals surface area contributed by atoms with Gasteiger partial charge in [-0.05, 0) is 60.9 Å². The van der Waals surface area contributed by atoms with Gasteiger partial charge in [0.1, 0.15) is 12.4 Å². The molecule has 1 N–H and O–H groups in total. The lowest BCUT2D eigenvalue weighted by molar-refractivity contribution is -0.116. The van der Waals surface area contributed by atoms with Crippen LogP contribution in [0.5, 0.6) is 17.2 Å². The number of benzene rings is 3. The second-order valence-electron chi connectivity index (χ2n) is 9.17. The van der Waals surface area contributed by atoms with Crippen molar-refractivity contribution < 1.29 is 24.1 Å². The molecule has 3 aromatic carbocycles. The minimum Gasteiger partial charge on any atom is -0.493 e. The van der Waals surface area contributed by atoms with E-state index < -0.39 is 0 Å². The van der Waals surface area contributed by atoms with Gasteiger partial charge in [0.2, 0.25) is 0 Å². The lowest BCUT2D eigenvalue weighted by Crippen LogP contribution is -2.35. The summed E-state index contributed by atoms with van der Waals surface area (Å²) in [6.45, 7) is 2.82. The zero-order valence-electron chi connectivity index (χ0n) is 21.0. The first-order valence-electron chi connectivity index (χ1n) is 12.7. The molecule has 0 aromatic heterocycles. The third kappa shape index (κ3) is 5.63. The van der Waals surface area contributed by atoms with Gasteiger partial charge in [0.15, 0.2) is 17.3 Å². The maximum Gasteiger partial charge on any atom is 0.294 e. The van der Waals surface area contributed by atoms with Gasteiger partial charge in [-0.15, -0.1) is 0 Å². The SMILES string of the molecule is COc1cc(N2CC=C(Oc3ccc(-c4ccccc4)cc3)C2=O)ccc1OCCN1CCC[C@H]1CO. The average Bonchev–Trinajstić information content (AvgIpc) is 3.55. The third-order valence-electron chi connectivity index (χ3n) is 6.91. The predicted octanol–water partition coefficient (Wildman–Crippen LogP) is 4.51. The van der Waals surface area contributed by atoms with Gasteiger partial charge in [-0.3, -0.25) is 9.69 Å². The molecule has 37 heavy (non-hydrogen) atoms. The van der Waals surface area contributed by atoms with Crippen molar-refractivity contribution in [1.29, 1.82) is 0 Å². The van der Waals surface area contributed by atoms with Crippen LogP contribution in [0.4, 0.5) is 5.69 Å². The van der Waals surface area contributed by atoms with Gasteiger partial charge >= 0.3 is 0 Å². The number of anilines is 1. The molecule has 2 aliphatic heterocycles. The van der Waals surface area contributed by atoms with Crippen molar-refractivity contribution in [3.8, 4) is 28.4 Å². The summed E-state index contributed by atoms with van der Waals surface area (Å²) < 4.78 is 17.5. The zero-order valence-corrected chi connectivity index (χ0v) is 21.0. The molecule has 0 bridgehead atoms. The van der Waals surface area contributed by atoms with Gasteiger partial charge in [0.05, 0.1) is 13.7 Å². The topological polar surface area (TPSA) is 71.5 Å². The molecule has 1 saturated heterocycles. The number of aliphatic hydroxyl groups is 1. The molecule has 2 aliphatic rings. The van der Waals surface area contributed by atoms with Crippen LogP contribution < -0.4 is 19.1 Å². The number of methoxy groups -OCH3 is 1. The molecule has 1 fully saturated rings. The van der Waals surface area contributed by atoms with Gasteiger partial charge in [0, 0.05) is 30.9 Å². The second kappa shape index (κ2) is 11.5. The normalized spacial score (nSPS) is 17.7. The molecular weight excluding hydrogens is 468 g/mol. The monoisotopic (exact) mass is 500 g/mol. The van der Waals surface area contributed by atoms with Crippen LogP contribution in [0, 0.1) is 0 Å². The first-order chi connectivity index (χ1) is 18.2. The van der Waals surface area contributed by atoms with Crippen LogP contribution in [0.1, 0.15) is 12.8 Å². The first-order valence-corrected chi connectivity index (χ1v) is 12.7. The number of hydrogen-bond acceptors (Lipinski definition) is 6. The highest BCUT2D eigenvalue weighted by molar-refractivity contribution is 6.07. The Labute approximate surface area is 217 Å². The lowest BCUT2D eigenvalue weighted by atomic mass is 10.1. The Kier molecular flexibility index (Phi) is 7.73. The molecule has 5 rings (SSSR count). The fourth-order valence-corrected chi connectivity index (χ4v) is 4.87. The summed E-state index contributed by atoms with van der Waals surface area (Å²) in [5.41, 5.74) is 2.93. The summed E-state index contributed by atoms with van der Waals surface area (Å²) in [5, 5.41) is 9.50. The van der Waals surface area contributed by atoms with Gasteiger partial charge in [-0.1, -0.05) is 42.5 Å². The predicted molar refractivity (Wildman–Crippen MR) is 143 cm³/mol. The fourth-order valence-electron chi connectivity index (χ4n) is 4.87. The summed E-state index contributed by atoms with van der Waals surface area (Å²) in [6.07, 6.45) is 3.92. The number of carbonyl (C=O) groups is 1. The molecule has 0 spiro atoms. The van der Waals surface area contributed by atoms with Crippen molar-refractivity contribution in [2.75, 3.05) is 44.9 Å². The van der Waals surface area contributed by atoms with Gasteiger partial charge < -0.3 is 24.2 Å². The van der Waals surface area contributed by atoms with Crippen molar-refractivity contribution in [2.24, 2.45) is 0 Å². The van der Waals surface area contributed by atoms with E-state index in [1.807, 2.05) is 60.7 Å². The van der Waals surface area contributed by atoms with Crippen LogP contribution in [0.2, 0.25) is 0 Å². The zero-order chi connectivity index (χ0) is 25.6. The molecular formula is C30H32N2O5. The number of likely N-dealkylation sites (tertiary alicyclic amines) is 1. The number of aliphatic hydroxyl groups excluding tert-OH is 1. The Morgan fingerprint density at radius 3 is 2.51 bits per heavy atom. The van der Waals surface area contributed by atoms with Crippen molar-refractivity contribution in [3.05, 3.63) is 84.6 Å². The number of nitrogens with zero attached hydrogens (tertiary/aromatic N) is 2. The van der Waals surface area contributed by atoms with Crippen LogP contribution >= 0.6 is 0 Å². The van der Waals surface area contributed by atoms with E-state index in [-0.39, 0.29) is 18.6 Å². The Bertz CT molecular complexity index is 1240. The molecule has 3 aromatic rings. The van der Waals surface area contributed by atoms with E-state index in [4.69, 9.17) is 14.2 Å². The van der Waals surface area contributed by atoms with Gasteiger partial charge in [0.25, 0.3) is 5.91 Å². The summed E-state index contributed by atoms with van der Waals surface area (Å²) >= 11 is 0. The molecule has 0 saturated carbocycles. The first kappa shape index (κ1) is 24.9. The van der Waals surface area contributed by atoms with E-state index in [0.717, 1.165) is 37.1 Å². The minimum absolute atomic E-state index is 0.181. The van der Waals surface area contributed by atoms with Crippen LogP contribution in [-0.2, 0) is 4.79 Å². The highest BCUT2D eigenvalue weighted by atomic mass is 16.5. The highest BCUT2D eigenvalue weighted by Crippen LogP contribution is 2.34. The number of rotatable bonds is 10. The van der Waals surface area contributed by atoms with E-state index in [1.54, 1.807) is 18.1 Å². The van der Waals surface area contributed by atoms with Crippen LogP contribution in [0.25, 0.3) is 11.1 Å². The standard InChI is InChI=1S/C30H32N2O5/c1-35-29-20-24(11-14-27(29)36-19-18-31-16-5-8-25(31)21-33)32-17-15-28(30(32)34)37-26-12-9-23(10-13-26)22-6-3-2-4-7-22/h2-4,6-7,9-15,20,25,33H,5,8,16-19,21H2,1H3/t25-/m0/s1. The Balaban J connectivity index is 1.19. The van der Waals surface area contributed by atoms with Gasteiger partial charge in [-0.25, -0.2) is 0 Å². The van der Waals surface area contributed by atoms with Crippen molar-refractivity contribution in [3.63, 3.8) is 0 Å². The summed E-state index contributed by atoms with van der Waals surface area (Å²) in [6, 6.07) is 23.6. The lowest BCUT2D eigenvalue weighted by Gasteiger charge is -2.23. The molecule has 7 nitrogen and oxygen atoms in total. The highest BCUT2D eigenvalue weighted by Gasteiger charge is 2.28. The maximum absolute atomic E-state index is 13.1. The molecule has 0 unspecified atom stereocenters.